The van der Waals surface area contributed by atoms with Crippen LogP contribution in [-0.2, 0) is 31.8 Å². The fraction of sp³-hybridized carbons (Fsp3) is 0.515. The first-order valence-corrected chi connectivity index (χ1v) is 16.3. The Morgan fingerprint density at radius 3 is 2.30 bits per heavy atom. The number of likely N-dealkylation sites (tertiary alicyclic amines) is 2. The summed E-state index contributed by atoms with van der Waals surface area (Å²) in [7, 11) is 0. The molecule has 3 aromatic rings. The predicted molar refractivity (Wildman–Crippen MR) is 168 cm³/mol. The SMILES string of the molecule is Cc1nc(C(F)(F)F)cc(-c2ccnc3cc(CN4C(=O)C5C(C4=O)C5(C)C)sc23)c1NC(=O)C1CCN(C(=O)OC(C)(C)C)CC1. The molecule has 6 rings (SSSR count). The topological polar surface area (TPSA) is 122 Å². The molecule has 2 saturated heterocycles. The maximum absolute atomic E-state index is 14.0. The summed E-state index contributed by atoms with van der Waals surface area (Å²) in [5.41, 5.74) is -0.949. The summed E-state index contributed by atoms with van der Waals surface area (Å²) in [6.07, 6.45) is -3.02. The number of halogens is 3. The third-order valence-electron chi connectivity index (χ3n) is 9.22. The lowest BCUT2D eigenvalue weighted by molar-refractivity contribution is -0.144. The summed E-state index contributed by atoms with van der Waals surface area (Å²) in [4.78, 5) is 63.5. The van der Waals surface area contributed by atoms with E-state index in [-0.39, 0.29) is 58.5 Å². The highest BCUT2D eigenvalue weighted by atomic mass is 32.1. The van der Waals surface area contributed by atoms with Crippen molar-refractivity contribution in [2.24, 2.45) is 23.2 Å². The molecule has 0 radical (unpaired) electrons. The van der Waals surface area contributed by atoms with Gasteiger partial charge in [-0.25, -0.2) is 9.78 Å². The van der Waals surface area contributed by atoms with Gasteiger partial charge >= 0.3 is 12.3 Å². The number of aromatic nitrogens is 2. The van der Waals surface area contributed by atoms with E-state index < -0.39 is 29.5 Å². The minimum absolute atomic E-state index is 0.00814. The predicted octanol–water partition coefficient (Wildman–Crippen LogP) is 6.41. The number of ether oxygens (including phenoxy) is 1. The molecular formula is C33H36F3N5O5S. The van der Waals surface area contributed by atoms with Crippen molar-refractivity contribution in [3.63, 3.8) is 0 Å². The van der Waals surface area contributed by atoms with Gasteiger partial charge in [0.1, 0.15) is 11.3 Å². The van der Waals surface area contributed by atoms with Crippen LogP contribution < -0.4 is 5.32 Å². The molecule has 4 amide bonds. The van der Waals surface area contributed by atoms with Gasteiger partial charge < -0.3 is 15.0 Å². The van der Waals surface area contributed by atoms with Crippen molar-refractivity contribution in [2.75, 3.05) is 18.4 Å². The van der Waals surface area contributed by atoms with Crippen molar-refractivity contribution >= 4 is 51.1 Å². The number of fused-ring (bicyclic) bond motifs is 2. The number of thiophene rings is 1. The van der Waals surface area contributed by atoms with Crippen molar-refractivity contribution in [2.45, 2.75) is 72.7 Å². The number of alkyl halides is 3. The van der Waals surface area contributed by atoms with E-state index in [1.54, 1.807) is 37.8 Å². The zero-order chi connectivity index (χ0) is 34.2. The number of nitrogens with zero attached hydrogens (tertiary/aromatic N) is 4. The first-order chi connectivity index (χ1) is 21.9. The van der Waals surface area contributed by atoms with Gasteiger partial charge in [0, 0.05) is 41.2 Å². The number of carbonyl (C=O) groups excluding carboxylic acids is 4. The van der Waals surface area contributed by atoms with Crippen molar-refractivity contribution < 1.29 is 37.1 Å². The number of carbonyl (C=O) groups is 4. The van der Waals surface area contributed by atoms with Gasteiger partial charge in [0.2, 0.25) is 17.7 Å². The molecule has 0 bridgehead atoms. The summed E-state index contributed by atoms with van der Waals surface area (Å²) in [5, 5.41) is 2.85. The van der Waals surface area contributed by atoms with Gasteiger partial charge in [0.25, 0.3) is 0 Å². The average Bonchev–Trinajstić information content (AvgIpc) is 3.20. The van der Waals surface area contributed by atoms with Crippen LogP contribution in [0.4, 0.5) is 23.7 Å². The zero-order valence-corrected chi connectivity index (χ0v) is 27.8. The molecule has 1 saturated carbocycles. The van der Waals surface area contributed by atoms with Gasteiger partial charge in [-0.15, -0.1) is 11.3 Å². The third-order valence-corrected chi connectivity index (χ3v) is 10.4. The third kappa shape index (κ3) is 6.07. The molecule has 3 aliphatic rings. The number of pyridine rings is 2. The van der Waals surface area contributed by atoms with Crippen LogP contribution in [0.1, 0.15) is 63.7 Å². The van der Waals surface area contributed by atoms with E-state index in [4.69, 9.17) is 4.74 Å². The number of aryl methyl sites for hydroxylation is 1. The Morgan fingerprint density at radius 1 is 1.06 bits per heavy atom. The lowest BCUT2D eigenvalue weighted by atomic mass is 9.95. The van der Waals surface area contributed by atoms with E-state index in [2.05, 4.69) is 15.3 Å². The largest absolute Gasteiger partial charge is 0.444 e. The molecule has 5 heterocycles. The van der Waals surface area contributed by atoms with Crippen LogP contribution in [0.2, 0.25) is 0 Å². The molecule has 14 heteroatoms. The Bertz CT molecular complexity index is 1780. The molecule has 2 atom stereocenters. The second kappa shape index (κ2) is 11.3. The summed E-state index contributed by atoms with van der Waals surface area (Å²) in [5.74, 6) is -1.94. The number of amides is 4. The van der Waals surface area contributed by atoms with Gasteiger partial charge in [-0.1, -0.05) is 13.8 Å². The van der Waals surface area contributed by atoms with E-state index in [0.717, 1.165) is 6.07 Å². The quantitative estimate of drug-likeness (QED) is 0.311. The van der Waals surface area contributed by atoms with E-state index >= 15 is 0 Å². The maximum atomic E-state index is 14.0. The van der Waals surface area contributed by atoms with Gasteiger partial charge in [-0.05, 0) is 64.2 Å². The lowest BCUT2D eigenvalue weighted by Gasteiger charge is -2.33. The number of nitrogens with one attached hydrogen (secondary N) is 1. The van der Waals surface area contributed by atoms with Crippen LogP contribution >= 0.6 is 11.3 Å². The minimum Gasteiger partial charge on any atom is -0.444 e. The Morgan fingerprint density at radius 2 is 1.70 bits per heavy atom. The number of piperidine rings is 2. The van der Waals surface area contributed by atoms with Crippen LogP contribution in [0.25, 0.3) is 21.3 Å². The van der Waals surface area contributed by atoms with Crippen LogP contribution in [0.5, 0.6) is 0 Å². The molecule has 1 aliphatic carbocycles. The monoisotopic (exact) mass is 671 g/mol. The molecule has 1 N–H and O–H groups in total. The van der Waals surface area contributed by atoms with E-state index in [0.29, 0.717) is 46.6 Å². The molecule has 0 aromatic carbocycles. The summed E-state index contributed by atoms with van der Waals surface area (Å²) >= 11 is 1.23. The second-order valence-corrected chi connectivity index (χ2v) is 15.2. The molecule has 250 valence electrons. The van der Waals surface area contributed by atoms with E-state index in [1.807, 2.05) is 13.8 Å². The average molecular weight is 672 g/mol. The van der Waals surface area contributed by atoms with Crippen molar-refractivity contribution in [1.82, 2.24) is 19.8 Å². The van der Waals surface area contributed by atoms with Crippen LogP contribution in [0.3, 0.4) is 0 Å². The highest BCUT2D eigenvalue weighted by molar-refractivity contribution is 7.19. The Hall–Kier alpha value is -4.07. The highest BCUT2D eigenvalue weighted by Crippen LogP contribution is 2.63. The smallest absolute Gasteiger partial charge is 0.433 e. The fourth-order valence-electron chi connectivity index (χ4n) is 6.66. The molecular weight excluding hydrogens is 635 g/mol. The van der Waals surface area contributed by atoms with Gasteiger partial charge in [0.05, 0.1) is 40.0 Å². The summed E-state index contributed by atoms with van der Waals surface area (Å²) in [6.45, 7) is 11.2. The number of hydrogen-bond acceptors (Lipinski definition) is 8. The van der Waals surface area contributed by atoms with Crippen molar-refractivity contribution in [1.29, 1.82) is 0 Å². The number of anilines is 1. The minimum atomic E-state index is -4.74. The number of hydrogen-bond donors (Lipinski definition) is 1. The molecule has 3 aromatic heterocycles. The first-order valence-electron chi connectivity index (χ1n) is 15.5. The van der Waals surface area contributed by atoms with E-state index in [1.165, 1.54) is 29.4 Å². The summed E-state index contributed by atoms with van der Waals surface area (Å²) in [6, 6.07) is 4.23. The van der Waals surface area contributed by atoms with Crippen LogP contribution in [0.15, 0.2) is 24.4 Å². The standard InChI is InChI=1S/C33H36F3N5O5S/c1-16-25(39-27(42)17-8-11-40(12-9-17)30(45)46-31(2,3)4)20(14-22(38-16)33(34,35)36)19-7-10-37-21-13-18(47-26(19)21)15-41-28(43)23-24(29(41)44)32(23,5)6/h7,10,13-14,17,23-24H,8-9,11-12,15H2,1-6H3,(H,39,42). The molecule has 10 nitrogen and oxygen atoms in total. The van der Waals surface area contributed by atoms with Crippen LogP contribution in [0, 0.1) is 30.1 Å². The van der Waals surface area contributed by atoms with Crippen molar-refractivity contribution in [3.05, 3.63) is 40.7 Å². The van der Waals surface area contributed by atoms with Crippen molar-refractivity contribution in [3.8, 4) is 11.1 Å². The molecule has 47 heavy (non-hydrogen) atoms. The summed E-state index contributed by atoms with van der Waals surface area (Å²) < 4.78 is 48.0. The van der Waals surface area contributed by atoms with E-state index in [9.17, 15) is 32.3 Å². The van der Waals surface area contributed by atoms with Gasteiger partial charge in [-0.2, -0.15) is 13.2 Å². The highest BCUT2D eigenvalue weighted by Gasteiger charge is 2.72. The molecule has 2 unspecified atom stereocenters. The second-order valence-electron chi connectivity index (χ2n) is 14.1. The Labute approximate surface area is 273 Å². The molecule has 0 spiro atoms. The Kier molecular flexibility index (Phi) is 7.88. The van der Waals surface area contributed by atoms with Gasteiger partial charge in [-0.3, -0.25) is 24.3 Å². The maximum Gasteiger partial charge on any atom is 0.433 e. The zero-order valence-electron chi connectivity index (χ0n) is 26.9. The van der Waals surface area contributed by atoms with Gasteiger partial charge in [0.15, 0.2) is 0 Å². The molecule has 2 aliphatic heterocycles. The molecule has 3 fully saturated rings. The van der Waals surface area contributed by atoms with Crippen LogP contribution in [-0.4, -0.2) is 62.3 Å². The lowest BCUT2D eigenvalue weighted by Crippen LogP contribution is -2.43. The number of imide groups is 1. The number of rotatable bonds is 5. The normalized spacial score (nSPS) is 21.3. The first kappa shape index (κ1) is 32.9. The Balaban J connectivity index is 1.28. The fourth-order valence-corrected chi connectivity index (χ4v) is 7.79.